The van der Waals surface area contributed by atoms with Crippen molar-refractivity contribution < 1.29 is 17.9 Å². The molecular formula is C24H23ClN6O4S. The zero-order valence-electron chi connectivity index (χ0n) is 19.5. The van der Waals surface area contributed by atoms with Crippen LogP contribution in [0.5, 0.6) is 0 Å². The standard InChI is InChI=1S/C24H23ClN6O4S/c1-3-4-13-35-21(32)17-7-11-19(12-8-17)28-24-30-22(25)29-23(31-24)27-18-9-5-16(6-10-18)14-20(15-26)36(2,33)34/h5-12,14H,3-4,13H2,1-2H3,(H2,27,28,29,30,31). The summed E-state index contributed by atoms with van der Waals surface area (Å²) in [6.07, 6.45) is 4.02. The van der Waals surface area contributed by atoms with E-state index in [2.05, 4.69) is 25.6 Å². The summed E-state index contributed by atoms with van der Waals surface area (Å²) in [5.74, 6) is -0.0285. The molecule has 0 bridgehead atoms. The van der Waals surface area contributed by atoms with Gasteiger partial charge < -0.3 is 15.4 Å². The number of benzene rings is 2. The van der Waals surface area contributed by atoms with Gasteiger partial charge in [-0.15, -0.1) is 0 Å². The van der Waals surface area contributed by atoms with Gasteiger partial charge in [0.1, 0.15) is 11.0 Å². The first-order valence-corrected chi connectivity index (χ1v) is 13.1. The first-order chi connectivity index (χ1) is 17.2. The summed E-state index contributed by atoms with van der Waals surface area (Å²) in [7, 11) is -3.61. The SMILES string of the molecule is CCCCOC(=O)c1ccc(Nc2nc(Cl)nc(Nc3ccc(C=C(C#N)S(C)(=O)=O)cc3)n2)cc1. The Morgan fingerprint density at radius 2 is 1.58 bits per heavy atom. The Balaban J connectivity index is 1.69. The Bertz CT molecular complexity index is 1400. The number of allylic oxidation sites excluding steroid dienone is 1. The normalized spacial score (nSPS) is 11.4. The molecule has 0 fully saturated rings. The molecule has 2 N–H and O–H groups in total. The lowest BCUT2D eigenvalue weighted by Gasteiger charge is -2.09. The van der Waals surface area contributed by atoms with E-state index in [1.807, 2.05) is 6.92 Å². The molecule has 0 saturated heterocycles. The molecule has 0 aliphatic rings. The van der Waals surface area contributed by atoms with E-state index in [0.29, 0.717) is 29.1 Å². The van der Waals surface area contributed by atoms with Crippen LogP contribution in [0.15, 0.2) is 53.4 Å². The molecular weight excluding hydrogens is 504 g/mol. The van der Waals surface area contributed by atoms with Gasteiger partial charge in [-0.1, -0.05) is 25.5 Å². The van der Waals surface area contributed by atoms with Crippen LogP contribution in [0.3, 0.4) is 0 Å². The molecule has 12 heteroatoms. The van der Waals surface area contributed by atoms with Crippen molar-refractivity contribution >= 4 is 56.8 Å². The molecule has 0 spiro atoms. The Kier molecular flexibility index (Phi) is 8.94. The first-order valence-electron chi connectivity index (χ1n) is 10.8. The fourth-order valence-corrected chi connectivity index (χ4v) is 3.51. The molecule has 0 aliphatic heterocycles. The van der Waals surface area contributed by atoms with Crippen LogP contribution in [-0.4, -0.2) is 42.2 Å². The minimum absolute atomic E-state index is 0.0440. The van der Waals surface area contributed by atoms with Gasteiger partial charge in [0, 0.05) is 17.6 Å². The van der Waals surface area contributed by atoms with E-state index in [-0.39, 0.29) is 28.1 Å². The third kappa shape index (κ3) is 7.76. The monoisotopic (exact) mass is 526 g/mol. The molecule has 0 saturated carbocycles. The summed E-state index contributed by atoms with van der Waals surface area (Å²) >= 11 is 6.05. The zero-order valence-corrected chi connectivity index (χ0v) is 21.1. The smallest absolute Gasteiger partial charge is 0.338 e. The van der Waals surface area contributed by atoms with Crippen LogP contribution in [0.1, 0.15) is 35.7 Å². The topological polar surface area (TPSA) is 147 Å². The predicted molar refractivity (Wildman–Crippen MR) is 138 cm³/mol. The number of sulfone groups is 1. The van der Waals surface area contributed by atoms with E-state index in [1.54, 1.807) is 54.6 Å². The number of carbonyl (C=O) groups excluding carboxylic acids is 1. The summed E-state index contributed by atoms with van der Waals surface area (Å²) in [4.78, 5) is 24.1. The van der Waals surface area contributed by atoms with Gasteiger partial charge >= 0.3 is 5.97 Å². The largest absolute Gasteiger partial charge is 0.462 e. The number of nitriles is 1. The second-order valence-corrected chi connectivity index (χ2v) is 9.91. The number of anilines is 4. The van der Waals surface area contributed by atoms with E-state index in [1.165, 1.54) is 6.08 Å². The molecule has 1 heterocycles. The molecule has 0 aliphatic carbocycles. The van der Waals surface area contributed by atoms with Crippen LogP contribution in [0, 0.1) is 11.3 Å². The number of rotatable bonds is 10. The highest BCUT2D eigenvalue weighted by molar-refractivity contribution is 7.95. The molecule has 2 aromatic carbocycles. The number of esters is 1. The molecule has 10 nitrogen and oxygen atoms in total. The Morgan fingerprint density at radius 3 is 2.08 bits per heavy atom. The highest BCUT2D eigenvalue weighted by Gasteiger charge is 2.11. The Morgan fingerprint density at radius 1 is 1.03 bits per heavy atom. The van der Waals surface area contributed by atoms with Crippen molar-refractivity contribution in [1.82, 2.24) is 15.0 Å². The molecule has 3 rings (SSSR count). The summed E-state index contributed by atoms with van der Waals surface area (Å²) in [6.45, 7) is 2.40. The number of aromatic nitrogens is 3. The van der Waals surface area contributed by atoms with Gasteiger partial charge in [-0.25, -0.2) is 13.2 Å². The summed E-state index contributed by atoms with van der Waals surface area (Å²) in [5.41, 5.74) is 2.20. The van der Waals surface area contributed by atoms with Gasteiger partial charge in [0.15, 0.2) is 9.84 Å². The fourth-order valence-electron chi connectivity index (χ4n) is 2.84. The highest BCUT2D eigenvalue weighted by atomic mass is 35.5. The van der Waals surface area contributed by atoms with Crippen molar-refractivity contribution in [2.45, 2.75) is 19.8 Å². The predicted octanol–water partition coefficient (Wildman–Crippen LogP) is 4.88. The lowest BCUT2D eigenvalue weighted by Crippen LogP contribution is -2.07. The highest BCUT2D eigenvalue weighted by Crippen LogP contribution is 2.21. The lowest BCUT2D eigenvalue weighted by atomic mass is 10.2. The van der Waals surface area contributed by atoms with Crippen LogP contribution in [0.25, 0.3) is 6.08 Å². The zero-order chi connectivity index (χ0) is 26.1. The number of unbranched alkanes of at least 4 members (excludes halogenated alkanes) is 1. The Labute approximate surface area is 213 Å². The average Bonchev–Trinajstić information content (AvgIpc) is 2.83. The molecule has 0 amide bonds. The van der Waals surface area contributed by atoms with Crippen LogP contribution in [0.2, 0.25) is 5.28 Å². The number of halogens is 1. The van der Waals surface area contributed by atoms with E-state index < -0.39 is 9.84 Å². The van der Waals surface area contributed by atoms with Crippen molar-refractivity contribution in [1.29, 1.82) is 5.26 Å². The molecule has 0 atom stereocenters. The van der Waals surface area contributed by atoms with Crippen LogP contribution < -0.4 is 10.6 Å². The second kappa shape index (κ2) is 12.1. The number of nitrogens with zero attached hydrogens (tertiary/aromatic N) is 4. The molecule has 36 heavy (non-hydrogen) atoms. The fraction of sp³-hybridized carbons (Fsp3) is 0.208. The minimum atomic E-state index is -3.61. The molecule has 1 aromatic heterocycles. The van der Waals surface area contributed by atoms with Crippen LogP contribution in [-0.2, 0) is 14.6 Å². The van der Waals surface area contributed by atoms with Gasteiger partial charge in [0.2, 0.25) is 17.2 Å². The van der Waals surface area contributed by atoms with E-state index in [9.17, 15) is 13.2 Å². The lowest BCUT2D eigenvalue weighted by molar-refractivity contribution is 0.0499. The number of ether oxygens (including phenoxy) is 1. The van der Waals surface area contributed by atoms with Gasteiger partial charge in [-0.2, -0.15) is 20.2 Å². The average molecular weight is 527 g/mol. The quantitative estimate of drug-likeness (QED) is 0.213. The maximum Gasteiger partial charge on any atom is 0.338 e. The van der Waals surface area contributed by atoms with Gasteiger partial charge in [0.25, 0.3) is 0 Å². The third-order valence-electron chi connectivity index (χ3n) is 4.69. The van der Waals surface area contributed by atoms with Crippen molar-refractivity contribution in [3.8, 4) is 6.07 Å². The number of nitrogens with one attached hydrogen (secondary N) is 2. The van der Waals surface area contributed by atoms with Gasteiger partial charge in [-0.3, -0.25) is 0 Å². The summed E-state index contributed by atoms with van der Waals surface area (Å²) in [5, 5.41) is 15.0. The number of carbonyl (C=O) groups is 1. The summed E-state index contributed by atoms with van der Waals surface area (Å²) in [6, 6.07) is 15.0. The molecule has 3 aromatic rings. The van der Waals surface area contributed by atoms with Gasteiger partial charge in [-0.05, 0) is 66.1 Å². The third-order valence-corrected chi connectivity index (χ3v) is 5.87. The van der Waals surface area contributed by atoms with Crippen LogP contribution in [0.4, 0.5) is 23.3 Å². The second-order valence-electron chi connectivity index (χ2n) is 7.58. The molecule has 186 valence electrons. The van der Waals surface area contributed by atoms with E-state index in [4.69, 9.17) is 21.6 Å². The van der Waals surface area contributed by atoms with Crippen molar-refractivity contribution in [3.05, 3.63) is 69.8 Å². The van der Waals surface area contributed by atoms with Crippen molar-refractivity contribution in [2.75, 3.05) is 23.5 Å². The first kappa shape index (κ1) is 26.6. The van der Waals surface area contributed by atoms with E-state index >= 15 is 0 Å². The molecule has 0 unspecified atom stereocenters. The maximum absolute atomic E-state index is 12.0. The molecule has 0 radical (unpaired) electrons. The van der Waals surface area contributed by atoms with Crippen molar-refractivity contribution in [2.24, 2.45) is 0 Å². The summed E-state index contributed by atoms with van der Waals surface area (Å²) < 4.78 is 28.4. The number of hydrogen-bond acceptors (Lipinski definition) is 10. The number of hydrogen-bond donors (Lipinski definition) is 2. The van der Waals surface area contributed by atoms with Gasteiger partial charge in [0.05, 0.1) is 12.2 Å². The maximum atomic E-state index is 12.0. The van der Waals surface area contributed by atoms with E-state index in [0.717, 1.165) is 19.1 Å². The van der Waals surface area contributed by atoms with Crippen molar-refractivity contribution in [3.63, 3.8) is 0 Å². The minimum Gasteiger partial charge on any atom is -0.462 e. The Hall–Kier alpha value is -4.01. The van der Waals surface area contributed by atoms with Crippen LogP contribution >= 0.6 is 11.6 Å².